The Bertz CT molecular complexity index is 406. The van der Waals surface area contributed by atoms with Crippen molar-refractivity contribution in [2.45, 2.75) is 57.2 Å². The first kappa shape index (κ1) is 12.7. The number of aromatic nitrogens is 1. The highest BCUT2D eigenvalue weighted by molar-refractivity contribution is 5.49. The lowest BCUT2D eigenvalue weighted by molar-refractivity contribution is 0.270. The number of hydrogen-bond donors (Lipinski definition) is 1. The van der Waals surface area contributed by atoms with Crippen molar-refractivity contribution in [1.82, 2.24) is 4.98 Å². The number of ether oxygens (including phenoxy) is 1. The highest BCUT2D eigenvalue weighted by atomic mass is 16.5. The molecule has 2 unspecified atom stereocenters. The van der Waals surface area contributed by atoms with Crippen LogP contribution in [0.2, 0.25) is 0 Å². The van der Waals surface area contributed by atoms with E-state index in [2.05, 4.69) is 16.0 Å². The average Bonchev–Trinajstić information content (AvgIpc) is 2.39. The standard InChI is InChI=1S/C15H23N3O/c1-2-19-15-7-6-14(10-17-15)18-12-4-3-5-13(18)9-11(16)8-12/h6-7,10-13H,2-5,8-9,16H2,1H3. The summed E-state index contributed by atoms with van der Waals surface area (Å²) in [5.41, 5.74) is 7.39. The van der Waals surface area contributed by atoms with Crippen LogP contribution in [0.4, 0.5) is 5.69 Å². The smallest absolute Gasteiger partial charge is 0.213 e. The second-order valence-corrected chi connectivity index (χ2v) is 5.66. The van der Waals surface area contributed by atoms with E-state index in [1.165, 1.54) is 24.9 Å². The molecule has 2 saturated heterocycles. The Labute approximate surface area is 115 Å². The molecular weight excluding hydrogens is 238 g/mol. The maximum atomic E-state index is 6.17. The van der Waals surface area contributed by atoms with E-state index >= 15 is 0 Å². The van der Waals surface area contributed by atoms with Crippen molar-refractivity contribution in [3.63, 3.8) is 0 Å². The molecule has 1 aromatic heterocycles. The molecule has 2 N–H and O–H groups in total. The first-order chi connectivity index (χ1) is 9.28. The Kier molecular flexibility index (Phi) is 3.60. The van der Waals surface area contributed by atoms with E-state index in [1.54, 1.807) is 0 Å². The fraction of sp³-hybridized carbons (Fsp3) is 0.667. The molecule has 2 bridgehead atoms. The zero-order valence-electron chi connectivity index (χ0n) is 11.6. The van der Waals surface area contributed by atoms with Gasteiger partial charge in [0.2, 0.25) is 5.88 Å². The van der Waals surface area contributed by atoms with E-state index in [4.69, 9.17) is 10.5 Å². The molecule has 2 fully saturated rings. The van der Waals surface area contributed by atoms with Crippen molar-refractivity contribution >= 4 is 5.69 Å². The van der Waals surface area contributed by atoms with E-state index in [0.29, 0.717) is 30.6 Å². The highest BCUT2D eigenvalue weighted by Gasteiger charge is 2.37. The summed E-state index contributed by atoms with van der Waals surface area (Å²) in [4.78, 5) is 6.95. The van der Waals surface area contributed by atoms with E-state index in [0.717, 1.165) is 12.8 Å². The number of anilines is 1. The molecule has 4 heteroatoms. The molecule has 0 radical (unpaired) electrons. The fourth-order valence-corrected chi connectivity index (χ4v) is 3.60. The molecule has 2 atom stereocenters. The van der Waals surface area contributed by atoms with Crippen LogP contribution in [0.1, 0.15) is 39.0 Å². The predicted molar refractivity (Wildman–Crippen MR) is 76.5 cm³/mol. The summed E-state index contributed by atoms with van der Waals surface area (Å²) in [6.07, 6.45) is 8.04. The minimum absolute atomic E-state index is 0.377. The SMILES string of the molecule is CCOc1ccc(N2C3CCCC2CC(N)C3)cn1. The van der Waals surface area contributed by atoms with Gasteiger partial charge in [-0.2, -0.15) is 0 Å². The summed E-state index contributed by atoms with van der Waals surface area (Å²) in [6.45, 7) is 2.64. The second kappa shape index (κ2) is 5.37. The normalized spacial score (nSPS) is 30.2. The van der Waals surface area contributed by atoms with E-state index in [-0.39, 0.29) is 0 Å². The van der Waals surface area contributed by atoms with Crippen LogP contribution < -0.4 is 15.4 Å². The Morgan fingerprint density at radius 3 is 2.63 bits per heavy atom. The zero-order chi connectivity index (χ0) is 13.2. The van der Waals surface area contributed by atoms with Crippen molar-refractivity contribution in [1.29, 1.82) is 0 Å². The van der Waals surface area contributed by atoms with E-state index < -0.39 is 0 Å². The van der Waals surface area contributed by atoms with Crippen LogP contribution in [0.3, 0.4) is 0 Å². The number of piperidine rings is 2. The summed E-state index contributed by atoms with van der Waals surface area (Å²) in [5.74, 6) is 0.713. The third-order valence-corrected chi connectivity index (χ3v) is 4.32. The largest absolute Gasteiger partial charge is 0.478 e. The summed E-state index contributed by atoms with van der Waals surface area (Å²) in [7, 11) is 0. The Morgan fingerprint density at radius 1 is 1.32 bits per heavy atom. The van der Waals surface area contributed by atoms with Gasteiger partial charge in [-0.25, -0.2) is 4.98 Å². The molecule has 0 spiro atoms. The number of nitrogens with two attached hydrogens (primary N) is 1. The van der Waals surface area contributed by atoms with Crippen molar-refractivity contribution in [2.24, 2.45) is 5.73 Å². The first-order valence-electron chi connectivity index (χ1n) is 7.40. The third-order valence-electron chi connectivity index (χ3n) is 4.32. The molecule has 3 rings (SSSR count). The third kappa shape index (κ3) is 2.54. The average molecular weight is 261 g/mol. The summed E-state index contributed by atoms with van der Waals surface area (Å²) >= 11 is 0. The quantitative estimate of drug-likeness (QED) is 0.907. The minimum Gasteiger partial charge on any atom is -0.478 e. The Morgan fingerprint density at radius 2 is 2.05 bits per heavy atom. The number of fused-ring (bicyclic) bond motifs is 2. The lowest BCUT2D eigenvalue weighted by Crippen LogP contribution is -2.55. The number of hydrogen-bond acceptors (Lipinski definition) is 4. The molecule has 2 aliphatic rings. The maximum Gasteiger partial charge on any atom is 0.213 e. The van der Waals surface area contributed by atoms with Gasteiger partial charge < -0.3 is 15.4 Å². The van der Waals surface area contributed by atoms with Crippen LogP contribution in [-0.2, 0) is 0 Å². The highest BCUT2D eigenvalue weighted by Crippen LogP contribution is 2.37. The predicted octanol–water partition coefficient (Wildman–Crippen LogP) is 2.33. The zero-order valence-corrected chi connectivity index (χ0v) is 11.6. The van der Waals surface area contributed by atoms with Gasteiger partial charge in [0.05, 0.1) is 18.5 Å². The summed E-state index contributed by atoms with van der Waals surface area (Å²) in [5, 5.41) is 0. The Hall–Kier alpha value is -1.29. The second-order valence-electron chi connectivity index (χ2n) is 5.66. The monoisotopic (exact) mass is 261 g/mol. The lowest BCUT2D eigenvalue weighted by atomic mass is 9.82. The fourth-order valence-electron chi connectivity index (χ4n) is 3.60. The van der Waals surface area contributed by atoms with Crippen molar-refractivity contribution in [3.8, 4) is 5.88 Å². The van der Waals surface area contributed by atoms with Crippen molar-refractivity contribution in [2.75, 3.05) is 11.5 Å². The van der Waals surface area contributed by atoms with Gasteiger partial charge in [-0.05, 0) is 45.1 Å². The molecule has 0 amide bonds. The van der Waals surface area contributed by atoms with Gasteiger partial charge in [0.25, 0.3) is 0 Å². The van der Waals surface area contributed by atoms with Crippen LogP contribution in [0.15, 0.2) is 18.3 Å². The van der Waals surface area contributed by atoms with Crippen LogP contribution in [-0.4, -0.2) is 29.7 Å². The molecule has 0 aromatic carbocycles. The van der Waals surface area contributed by atoms with Crippen LogP contribution >= 0.6 is 0 Å². The molecule has 2 aliphatic heterocycles. The lowest BCUT2D eigenvalue weighted by Gasteiger charge is -2.49. The molecule has 4 nitrogen and oxygen atoms in total. The number of pyridine rings is 1. The number of nitrogens with zero attached hydrogens (tertiary/aromatic N) is 2. The molecular formula is C15H23N3O. The molecule has 19 heavy (non-hydrogen) atoms. The first-order valence-corrected chi connectivity index (χ1v) is 7.40. The van der Waals surface area contributed by atoms with E-state index in [1.807, 2.05) is 19.2 Å². The topological polar surface area (TPSA) is 51.4 Å². The maximum absolute atomic E-state index is 6.17. The van der Waals surface area contributed by atoms with E-state index in [9.17, 15) is 0 Å². The van der Waals surface area contributed by atoms with Gasteiger partial charge in [0.1, 0.15) is 0 Å². The van der Waals surface area contributed by atoms with Crippen molar-refractivity contribution in [3.05, 3.63) is 18.3 Å². The van der Waals surface area contributed by atoms with Crippen molar-refractivity contribution < 1.29 is 4.74 Å². The van der Waals surface area contributed by atoms with Crippen LogP contribution in [0, 0.1) is 0 Å². The van der Waals surface area contributed by atoms with Crippen LogP contribution in [0.5, 0.6) is 5.88 Å². The summed E-state index contributed by atoms with van der Waals surface area (Å²) < 4.78 is 5.41. The molecule has 3 heterocycles. The van der Waals surface area contributed by atoms with Gasteiger partial charge in [-0.1, -0.05) is 0 Å². The van der Waals surface area contributed by atoms with Gasteiger partial charge in [-0.3, -0.25) is 0 Å². The van der Waals surface area contributed by atoms with Crippen LogP contribution in [0.25, 0.3) is 0 Å². The number of rotatable bonds is 3. The van der Waals surface area contributed by atoms with Gasteiger partial charge in [0.15, 0.2) is 0 Å². The van der Waals surface area contributed by atoms with Gasteiger partial charge in [-0.15, -0.1) is 0 Å². The molecule has 0 aliphatic carbocycles. The van der Waals surface area contributed by atoms with Gasteiger partial charge >= 0.3 is 0 Å². The summed E-state index contributed by atoms with van der Waals surface area (Å²) in [6, 6.07) is 5.69. The molecule has 1 aromatic rings. The molecule has 0 saturated carbocycles. The van der Waals surface area contributed by atoms with Gasteiger partial charge in [0, 0.05) is 24.2 Å². The minimum atomic E-state index is 0.377. The Balaban J connectivity index is 1.80. The molecule has 104 valence electrons.